The van der Waals surface area contributed by atoms with E-state index in [1.807, 2.05) is 0 Å². The van der Waals surface area contributed by atoms with Gasteiger partial charge in [0.1, 0.15) is 0 Å². The minimum absolute atomic E-state index is 1.08. The Morgan fingerprint density at radius 1 is 0.478 bits per heavy atom. The molecule has 0 aromatic heterocycles. The molecule has 0 heterocycles. The monoisotopic (exact) mass is 433 g/mol. The molecular formula is C21H45OSn. The van der Waals surface area contributed by atoms with Crippen molar-refractivity contribution in [2.45, 2.75) is 126 Å². The van der Waals surface area contributed by atoms with Crippen molar-refractivity contribution in [3.63, 3.8) is 0 Å². The van der Waals surface area contributed by atoms with E-state index in [9.17, 15) is 0 Å². The standard InChI is InChI=1S/2C8H17.C5H11O.Sn/c2*1-3-5-7-8-6-4-2;1-2-3-4-5-6;/h2*1,3-8H2,2H3;2-5H2,1H3;/q;;-1;+1. The van der Waals surface area contributed by atoms with E-state index in [0.717, 1.165) is 6.61 Å². The van der Waals surface area contributed by atoms with Crippen molar-refractivity contribution in [2.75, 3.05) is 6.61 Å². The average Bonchev–Trinajstić information content (AvgIpc) is 2.57. The fourth-order valence-electron chi connectivity index (χ4n) is 3.04. The molecule has 0 fully saturated rings. The van der Waals surface area contributed by atoms with Gasteiger partial charge in [-0.3, -0.25) is 0 Å². The van der Waals surface area contributed by atoms with Crippen molar-refractivity contribution in [3.8, 4) is 0 Å². The first kappa shape index (κ1) is 23.8. The molecule has 0 saturated carbocycles. The van der Waals surface area contributed by atoms with Gasteiger partial charge in [-0.25, -0.2) is 0 Å². The van der Waals surface area contributed by atoms with Crippen molar-refractivity contribution in [1.29, 1.82) is 0 Å². The average molecular weight is 432 g/mol. The molecule has 0 rings (SSSR count). The van der Waals surface area contributed by atoms with Gasteiger partial charge in [0.15, 0.2) is 0 Å². The molecule has 2 heteroatoms. The summed E-state index contributed by atoms with van der Waals surface area (Å²) in [7, 11) is 0. The molecule has 1 nitrogen and oxygen atoms in total. The Morgan fingerprint density at radius 3 is 1.35 bits per heavy atom. The summed E-state index contributed by atoms with van der Waals surface area (Å²) in [4.78, 5) is 0. The summed E-state index contributed by atoms with van der Waals surface area (Å²) >= 11 is -1.49. The van der Waals surface area contributed by atoms with Crippen molar-refractivity contribution in [2.24, 2.45) is 0 Å². The van der Waals surface area contributed by atoms with E-state index in [4.69, 9.17) is 3.07 Å². The molecule has 139 valence electrons. The molecular weight excluding hydrogens is 387 g/mol. The van der Waals surface area contributed by atoms with Gasteiger partial charge in [-0.05, 0) is 0 Å². The molecule has 1 radical (unpaired) electrons. The van der Waals surface area contributed by atoms with E-state index < -0.39 is 20.2 Å². The third-order valence-electron chi connectivity index (χ3n) is 4.67. The zero-order chi connectivity index (χ0) is 17.0. The number of unbranched alkanes of at least 4 members (excludes halogenated alkanes) is 12. The summed E-state index contributed by atoms with van der Waals surface area (Å²) in [6, 6.07) is 0. The zero-order valence-corrected chi connectivity index (χ0v) is 19.5. The number of hydrogen-bond acceptors (Lipinski definition) is 1. The van der Waals surface area contributed by atoms with Gasteiger partial charge in [0.2, 0.25) is 0 Å². The molecule has 0 spiro atoms. The molecule has 0 unspecified atom stereocenters. The molecule has 0 aliphatic carbocycles. The van der Waals surface area contributed by atoms with Crippen LogP contribution < -0.4 is 0 Å². The third kappa shape index (κ3) is 18.9. The van der Waals surface area contributed by atoms with E-state index in [1.54, 1.807) is 0 Å². The topological polar surface area (TPSA) is 9.23 Å². The molecule has 0 aliphatic heterocycles. The second-order valence-electron chi connectivity index (χ2n) is 7.13. The second-order valence-corrected chi connectivity index (χ2v) is 13.9. The van der Waals surface area contributed by atoms with E-state index in [-0.39, 0.29) is 0 Å². The summed E-state index contributed by atoms with van der Waals surface area (Å²) in [6.07, 6.45) is 21.2. The van der Waals surface area contributed by atoms with Gasteiger partial charge in [0.05, 0.1) is 0 Å². The molecule has 0 aliphatic rings. The predicted molar refractivity (Wildman–Crippen MR) is 108 cm³/mol. The Bertz CT molecular complexity index is 192. The predicted octanol–water partition coefficient (Wildman–Crippen LogP) is 7.91. The van der Waals surface area contributed by atoms with Crippen molar-refractivity contribution in [1.82, 2.24) is 0 Å². The van der Waals surface area contributed by atoms with Gasteiger partial charge in [0, 0.05) is 0 Å². The first-order valence-corrected chi connectivity index (χ1v) is 16.0. The van der Waals surface area contributed by atoms with E-state index >= 15 is 0 Å². The van der Waals surface area contributed by atoms with Gasteiger partial charge in [-0.2, -0.15) is 0 Å². The third-order valence-corrected chi connectivity index (χ3v) is 11.6. The van der Waals surface area contributed by atoms with Crippen molar-refractivity contribution >= 4 is 20.2 Å². The fraction of sp³-hybridized carbons (Fsp3) is 1.00. The summed E-state index contributed by atoms with van der Waals surface area (Å²) in [5.41, 5.74) is 0. The first-order chi connectivity index (χ1) is 11.3. The normalized spacial score (nSPS) is 11.5. The second kappa shape index (κ2) is 20.8. The van der Waals surface area contributed by atoms with Crippen LogP contribution in [0.5, 0.6) is 0 Å². The van der Waals surface area contributed by atoms with Crippen LogP contribution >= 0.6 is 0 Å². The van der Waals surface area contributed by atoms with Crippen LogP contribution in [0.2, 0.25) is 8.87 Å². The van der Waals surface area contributed by atoms with Crippen LogP contribution in [-0.2, 0) is 3.07 Å². The van der Waals surface area contributed by atoms with Crippen LogP contribution in [0.3, 0.4) is 0 Å². The number of rotatable bonds is 19. The van der Waals surface area contributed by atoms with Crippen LogP contribution in [-0.4, -0.2) is 26.8 Å². The van der Waals surface area contributed by atoms with Crippen LogP contribution in [0.25, 0.3) is 0 Å². The van der Waals surface area contributed by atoms with Crippen LogP contribution in [0.15, 0.2) is 0 Å². The molecule has 0 atom stereocenters. The molecule has 0 N–H and O–H groups in total. The van der Waals surface area contributed by atoms with Gasteiger partial charge >= 0.3 is 156 Å². The Morgan fingerprint density at radius 2 is 0.870 bits per heavy atom. The SMILES string of the molecule is CCCCCCC[CH2][Sn]([CH2]CCCCCCC)[O]CCCCC. The maximum atomic E-state index is 6.40. The van der Waals surface area contributed by atoms with Crippen molar-refractivity contribution < 1.29 is 3.07 Å². The van der Waals surface area contributed by atoms with Gasteiger partial charge < -0.3 is 0 Å². The fourth-order valence-corrected chi connectivity index (χ4v) is 9.49. The van der Waals surface area contributed by atoms with Gasteiger partial charge in [0.25, 0.3) is 0 Å². The van der Waals surface area contributed by atoms with E-state index in [0.29, 0.717) is 0 Å². The van der Waals surface area contributed by atoms with Crippen LogP contribution in [0.4, 0.5) is 0 Å². The zero-order valence-electron chi connectivity index (χ0n) is 16.6. The Labute approximate surface area is 155 Å². The molecule has 0 saturated heterocycles. The quantitative estimate of drug-likeness (QED) is 0.149. The Kier molecular flexibility index (Phi) is 21.5. The Balaban J connectivity index is 3.70. The van der Waals surface area contributed by atoms with Gasteiger partial charge in [-0.15, -0.1) is 0 Å². The van der Waals surface area contributed by atoms with Crippen LogP contribution in [0, 0.1) is 0 Å². The molecule has 0 aromatic carbocycles. The summed E-state index contributed by atoms with van der Waals surface area (Å²) in [5.74, 6) is 0. The Hall–Kier alpha value is 0.759. The van der Waals surface area contributed by atoms with Crippen molar-refractivity contribution in [3.05, 3.63) is 0 Å². The molecule has 23 heavy (non-hydrogen) atoms. The van der Waals surface area contributed by atoms with E-state index in [2.05, 4.69) is 20.8 Å². The molecule has 0 bridgehead atoms. The number of hydrogen-bond donors (Lipinski definition) is 0. The summed E-state index contributed by atoms with van der Waals surface area (Å²) < 4.78 is 9.39. The summed E-state index contributed by atoms with van der Waals surface area (Å²) in [6.45, 7) is 7.97. The first-order valence-electron chi connectivity index (χ1n) is 10.8. The van der Waals surface area contributed by atoms with E-state index in [1.165, 1.54) is 105 Å². The maximum absolute atomic E-state index is 6.40. The van der Waals surface area contributed by atoms with Gasteiger partial charge in [-0.1, -0.05) is 0 Å². The van der Waals surface area contributed by atoms with Crippen LogP contribution in [0.1, 0.15) is 117 Å². The molecule has 0 amide bonds. The summed E-state index contributed by atoms with van der Waals surface area (Å²) in [5, 5.41) is 0. The minimum atomic E-state index is -1.49. The molecule has 0 aromatic rings.